The molecule has 0 aromatic heterocycles. The van der Waals surface area contributed by atoms with Crippen LogP contribution in [0.2, 0.25) is 0 Å². The van der Waals surface area contributed by atoms with Crippen LogP contribution in [0.3, 0.4) is 0 Å². The van der Waals surface area contributed by atoms with E-state index in [4.69, 9.17) is 0 Å². The average Bonchev–Trinajstić information content (AvgIpc) is 2.44. The molecule has 2 aliphatic carbocycles. The molecule has 120 valence electrons. The van der Waals surface area contributed by atoms with E-state index in [0.29, 0.717) is 10.8 Å². The van der Waals surface area contributed by atoms with Crippen molar-refractivity contribution >= 4 is 0 Å². The van der Waals surface area contributed by atoms with Crippen molar-refractivity contribution in [3.8, 4) is 0 Å². The van der Waals surface area contributed by atoms with Gasteiger partial charge >= 0.3 is 0 Å². The Hall–Kier alpha value is -0.560. The first kappa shape index (κ1) is 16.8. The fourth-order valence-electron chi connectivity index (χ4n) is 4.96. The van der Waals surface area contributed by atoms with E-state index in [-0.39, 0.29) is 0 Å². The van der Waals surface area contributed by atoms with Crippen molar-refractivity contribution in [1.29, 1.82) is 0 Å². The van der Waals surface area contributed by atoms with Crippen molar-refractivity contribution in [2.75, 3.05) is 0 Å². The molecule has 0 saturated heterocycles. The van der Waals surface area contributed by atoms with Crippen LogP contribution in [-0.4, -0.2) is 10.7 Å². The number of rotatable bonds is 4. The third-order valence-corrected chi connectivity index (χ3v) is 7.20. The highest BCUT2D eigenvalue weighted by molar-refractivity contribution is 5.20. The van der Waals surface area contributed by atoms with Gasteiger partial charge < -0.3 is 5.11 Å². The SMILES string of the molecule is C=CC(C)(O)CC[C@]1(C)[C@@H](C)CC[C@]2(C)C(C)=CCC[C@@H]12. The van der Waals surface area contributed by atoms with Crippen LogP contribution in [0.15, 0.2) is 24.3 Å². The first-order chi connectivity index (χ1) is 9.66. The smallest absolute Gasteiger partial charge is 0.0797 e. The third-order valence-electron chi connectivity index (χ3n) is 7.20. The van der Waals surface area contributed by atoms with Crippen molar-refractivity contribution in [2.24, 2.45) is 22.7 Å². The molecule has 1 N–H and O–H groups in total. The second-order valence-electron chi connectivity index (χ2n) is 8.44. The standard InChI is InChI=1S/C20H34O/c1-7-18(4,21)13-14-20(6)16(3)11-12-19(5)15(2)9-8-10-17(19)20/h7,9,16-17,21H,1,8,10-14H2,2-6H3/t16-,17+,18?,19+,20+/m0/s1. The summed E-state index contributed by atoms with van der Waals surface area (Å²) < 4.78 is 0. The van der Waals surface area contributed by atoms with Crippen LogP contribution < -0.4 is 0 Å². The van der Waals surface area contributed by atoms with Crippen molar-refractivity contribution < 1.29 is 5.11 Å². The zero-order valence-corrected chi connectivity index (χ0v) is 14.7. The summed E-state index contributed by atoms with van der Waals surface area (Å²) in [7, 11) is 0. The molecule has 0 aromatic carbocycles. The quantitative estimate of drug-likeness (QED) is 0.678. The first-order valence-corrected chi connectivity index (χ1v) is 8.69. The van der Waals surface area contributed by atoms with Crippen LogP contribution in [0.4, 0.5) is 0 Å². The van der Waals surface area contributed by atoms with Gasteiger partial charge in [0.1, 0.15) is 0 Å². The number of hydrogen-bond acceptors (Lipinski definition) is 1. The summed E-state index contributed by atoms with van der Waals surface area (Å²) in [6, 6.07) is 0. The van der Waals surface area contributed by atoms with Crippen molar-refractivity contribution in [3.05, 3.63) is 24.3 Å². The van der Waals surface area contributed by atoms with Gasteiger partial charge in [-0.3, -0.25) is 0 Å². The molecule has 0 spiro atoms. The lowest BCUT2D eigenvalue weighted by Gasteiger charge is -2.58. The van der Waals surface area contributed by atoms with Gasteiger partial charge in [0.25, 0.3) is 0 Å². The van der Waals surface area contributed by atoms with E-state index in [9.17, 15) is 5.11 Å². The Morgan fingerprint density at radius 1 is 1.43 bits per heavy atom. The molecule has 0 aromatic rings. The van der Waals surface area contributed by atoms with Crippen molar-refractivity contribution in [3.63, 3.8) is 0 Å². The minimum Gasteiger partial charge on any atom is -0.386 e. The van der Waals surface area contributed by atoms with Gasteiger partial charge in [0.15, 0.2) is 0 Å². The number of hydrogen-bond donors (Lipinski definition) is 1. The Kier molecular flexibility index (Phi) is 4.46. The van der Waals surface area contributed by atoms with Crippen LogP contribution in [0.25, 0.3) is 0 Å². The van der Waals surface area contributed by atoms with E-state index in [0.717, 1.165) is 24.7 Å². The van der Waals surface area contributed by atoms with Gasteiger partial charge in [-0.25, -0.2) is 0 Å². The molecule has 21 heavy (non-hydrogen) atoms. The molecule has 2 rings (SSSR count). The summed E-state index contributed by atoms with van der Waals surface area (Å²) in [5.74, 6) is 1.49. The third kappa shape index (κ3) is 2.86. The number of allylic oxidation sites excluding steroid dienone is 2. The van der Waals surface area contributed by atoms with Gasteiger partial charge in [-0.15, -0.1) is 6.58 Å². The highest BCUT2D eigenvalue weighted by atomic mass is 16.3. The number of aliphatic hydroxyl groups is 1. The molecule has 0 bridgehead atoms. The molecule has 0 heterocycles. The summed E-state index contributed by atoms with van der Waals surface area (Å²) in [5, 5.41) is 10.3. The largest absolute Gasteiger partial charge is 0.386 e. The van der Waals surface area contributed by atoms with E-state index in [1.54, 1.807) is 11.6 Å². The summed E-state index contributed by atoms with van der Waals surface area (Å²) in [4.78, 5) is 0. The van der Waals surface area contributed by atoms with Crippen molar-refractivity contribution in [1.82, 2.24) is 0 Å². The normalized spacial score (nSPS) is 42.7. The lowest BCUT2D eigenvalue weighted by atomic mass is 9.47. The van der Waals surface area contributed by atoms with E-state index < -0.39 is 5.60 Å². The Morgan fingerprint density at radius 2 is 2.10 bits per heavy atom. The van der Waals surface area contributed by atoms with Gasteiger partial charge in [-0.1, -0.05) is 38.5 Å². The monoisotopic (exact) mass is 290 g/mol. The first-order valence-electron chi connectivity index (χ1n) is 8.69. The van der Waals surface area contributed by atoms with E-state index in [1.165, 1.54) is 25.7 Å². The average molecular weight is 290 g/mol. The van der Waals surface area contributed by atoms with Gasteiger partial charge in [0.05, 0.1) is 5.60 Å². The molecular weight excluding hydrogens is 256 g/mol. The molecule has 0 radical (unpaired) electrons. The predicted molar refractivity (Wildman–Crippen MR) is 91.1 cm³/mol. The van der Waals surface area contributed by atoms with Crippen LogP contribution in [-0.2, 0) is 0 Å². The predicted octanol–water partition coefficient (Wildman–Crippen LogP) is 5.50. The summed E-state index contributed by atoms with van der Waals surface area (Å²) in [5.41, 5.74) is 1.58. The fourth-order valence-corrected chi connectivity index (χ4v) is 4.96. The minimum atomic E-state index is -0.726. The molecular formula is C20H34O. The summed E-state index contributed by atoms with van der Waals surface area (Å²) >= 11 is 0. The Labute approximate surface area is 131 Å². The molecule has 1 nitrogen and oxygen atoms in total. The van der Waals surface area contributed by atoms with E-state index in [2.05, 4.69) is 40.3 Å². The molecule has 1 fully saturated rings. The lowest BCUT2D eigenvalue weighted by Crippen LogP contribution is -2.50. The van der Waals surface area contributed by atoms with Crippen molar-refractivity contribution in [2.45, 2.75) is 78.7 Å². The lowest BCUT2D eigenvalue weighted by molar-refractivity contribution is -0.0582. The van der Waals surface area contributed by atoms with Crippen LogP contribution in [0.1, 0.15) is 73.1 Å². The molecule has 2 aliphatic rings. The highest BCUT2D eigenvalue weighted by Crippen LogP contribution is 2.61. The second kappa shape index (κ2) is 5.57. The maximum atomic E-state index is 10.3. The number of fused-ring (bicyclic) bond motifs is 1. The maximum absolute atomic E-state index is 10.3. The topological polar surface area (TPSA) is 20.2 Å². The molecule has 1 heteroatoms. The minimum absolute atomic E-state index is 0.329. The zero-order valence-electron chi connectivity index (χ0n) is 14.7. The summed E-state index contributed by atoms with van der Waals surface area (Å²) in [6.07, 6.45) is 11.3. The summed E-state index contributed by atoms with van der Waals surface area (Å²) in [6.45, 7) is 15.4. The fraction of sp³-hybridized carbons (Fsp3) is 0.800. The Balaban J connectivity index is 2.27. The van der Waals surface area contributed by atoms with Gasteiger partial charge in [0.2, 0.25) is 0 Å². The molecule has 1 saturated carbocycles. The maximum Gasteiger partial charge on any atom is 0.0797 e. The molecule has 5 atom stereocenters. The van der Waals surface area contributed by atoms with Crippen LogP contribution in [0, 0.1) is 22.7 Å². The van der Waals surface area contributed by atoms with E-state index in [1.807, 2.05) is 6.92 Å². The molecule has 1 unspecified atom stereocenters. The van der Waals surface area contributed by atoms with E-state index >= 15 is 0 Å². The zero-order chi connectivity index (χ0) is 15.9. The Bertz CT molecular complexity index is 433. The van der Waals surface area contributed by atoms with Gasteiger partial charge in [0, 0.05) is 0 Å². The Morgan fingerprint density at radius 3 is 2.71 bits per heavy atom. The van der Waals surface area contributed by atoms with Crippen LogP contribution in [0.5, 0.6) is 0 Å². The second-order valence-corrected chi connectivity index (χ2v) is 8.44. The van der Waals surface area contributed by atoms with Crippen LogP contribution >= 0.6 is 0 Å². The van der Waals surface area contributed by atoms with Gasteiger partial charge in [-0.2, -0.15) is 0 Å². The molecule has 0 amide bonds. The molecule has 0 aliphatic heterocycles. The highest BCUT2D eigenvalue weighted by Gasteiger charge is 2.53. The van der Waals surface area contributed by atoms with Gasteiger partial charge in [-0.05, 0) is 75.0 Å².